The number of rotatable bonds is 4. The van der Waals surface area contributed by atoms with Crippen LogP contribution in [0.15, 0.2) is 42.9 Å². The molecule has 0 aliphatic rings. The zero-order valence-corrected chi connectivity index (χ0v) is 14.8. The Labute approximate surface area is 156 Å². The summed E-state index contributed by atoms with van der Waals surface area (Å²) in [6.45, 7) is 1.67. The first-order valence-electron chi connectivity index (χ1n) is 8.07. The average Bonchev–Trinajstić information content (AvgIpc) is 3.10. The van der Waals surface area contributed by atoms with Crippen LogP contribution in [0.5, 0.6) is 0 Å². The van der Waals surface area contributed by atoms with Crippen molar-refractivity contribution in [1.29, 1.82) is 0 Å². The molecule has 9 heteroatoms. The van der Waals surface area contributed by atoms with Gasteiger partial charge in [0, 0.05) is 23.3 Å². The van der Waals surface area contributed by atoms with Crippen molar-refractivity contribution in [3.63, 3.8) is 0 Å². The number of alkyl halides is 2. The van der Waals surface area contributed by atoms with Gasteiger partial charge in [0.05, 0.1) is 23.3 Å². The molecule has 3 aromatic heterocycles. The summed E-state index contributed by atoms with van der Waals surface area (Å²) >= 11 is 6.02. The molecule has 0 amide bonds. The van der Waals surface area contributed by atoms with Crippen LogP contribution in [0.4, 0.5) is 19.0 Å². The minimum atomic E-state index is -2.89. The Kier molecular flexibility index (Phi) is 4.35. The van der Waals surface area contributed by atoms with Crippen LogP contribution in [0.25, 0.3) is 16.7 Å². The van der Waals surface area contributed by atoms with Gasteiger partial charge < -0.3 is 5.32 Å². The topological polar surface area (TPSA) is 55.1 Å². The number of nitrogens with one attached hydrogen (secondary N) is 1. The van der Waals surface area contributed by atoms with Gasteiger partial charge in [0.25, 0.3) is 6.43 Å². The second-order valence-electron chi connectivity index (χ2n) is 6.00. The van der Waals surface area contributed by atoms with E-state index < -0.39 is 23.8 Å². The van der Waals surface area contributed by atoms with E-state index in [1.807, 2.05) is 0 Å². The molecule has 4 rings (SSSR count). The van der Waals surface area contributed by atoms with Crippen LogP contribution in [0.1, 0.15) is 30.5 Å². The molecule has 3 heterocycles. The predicted octanol–water partition coefficient (Wildman–Crippen LogP) is 5.18. The second-order valence-corrected chi connectivity index (χ2v) is 6.39. The zero-order valence-electron chi connectivity index (χ0n) is 14.0. The van der Waals surface area contributed by atoms with Crippen LogP contribution in [0.3, 0.4) is 0 Å². The molecule has 5 nitrogen and oxygen atoms in total. The third-order valence-electron chi connectivity index (χ3n) is 4.31. The van der Waals surface area contributed by atoms with Gasteiger partial charge in [0.2, 0.25) is 5.78 Å². The lowest BCUT2D eigenvalue weighted by Gasteiger charge is -2.18. The van der Waals surface area contributed by atoms with E-state index in [-0.39, 0.29) is 10.7 Å². The fourth-order valence-corrected chi connectivity index (χ4v) is 3.15. The minimum Gasteiger partial charge on any atom is -0.363 e. The number of aromatic nitrogens is 4. The normalized spacial score (nSPS) is 12.8. The summed E-state index contributed by atoms with van der Waals surface area (Å²) in [5, 5.41) is 4.00. The van der Waals surface area contributed by atoms with Crippen molar-refractivity contribution in [1.82, 2.24) is 19.4 Å². The van der Waals surface area contributed by atoms with E-state index in [0.29, 0.717) is 22.5 Å². The van der Waals surface area contributed by atoms with Gasteiger partial charge in [0.1, 0.15) is 16.8 Å². The molecule has 0 saturated heterocycles. The van der Waals surface area contributed by atoms with Gasteiger partial charge in [-0.15, -0.1) is 0 Å². The molecule has 1 N–H and O–H groups in total. The standard InChI is InChI=1S/C18H13ClF3N5/c1-9(10-3-2-4-11(15(10)20)16(21)22)25-17-12-7-14(19)24-8-13(12)27-6-5-23-18(27)26-17/h2-9,16H,1H3,(H,23,25,26). The molecular formula is C18H13ClF3N5. The molecule has 4 aromatic rings. The average molecular weight is 392 g/mol. The zero-order chi connectivity index (χ0) is 19.1. The Hall–Kier alpha value is -2.87. The van der Waals surface area contributed by atoms with E-state index in [2.05, 4.69) is 20.3 Å². The van der Waals surface area contributed by atoms with E-state index in [9.17, 15) is 13.2 Å². The van der Waals surface area contributed by atoms with Crippen molar-refractivity contribution in [2.24, 2.45) is 0 Å². The lowest BCUT2D eigenvalue weighted by Crippen LogP contribution is -2.12. The number of benzene rings is 1. The first-order chi connectivity index (χ1) is 13.0. The molecule has 0 aliphatic carbocycles. The molecule has 0 saturated carbocycles. The predicted molar refractivity (Wildman–Crippen MR) is 96.7 cm³/mol. The van der Waals surface area contributed by atoms with Crippen LogP contribution in [0, 0.1) is 5.82 Å². The van der Waals surface area contributed by atoms with Crippen molar-refractivity contribution in [3.8, 4) is 0 Å². The summed E-state index contributed by atoms with van der Waals surface area (Å²) in [7, 11) is 0. The van der Waals surface area contributed by atoms with Crippen LogP contribution >= 0.6 is 11.6 Å². The maximum atomic E-state index is 14.5. The minimum absolute atomic E-state index is 0.117. The molecule has 0 bridgehead atoms. The smallest absolute Gasteiger partial charge is 0.266 e. The van der Waals surface area contributed by atoms with Gasteiger partial charge in [0.15, 0.2) is 0 Å². The number of hydrogen-bond donors (Lipinski definition) is 1. The Morgan fingerprint density at radius 3 is 2.74 bits per heavy atom. The van der Waals surface area contributed by atoms with E-state index in [0.717, 1.165) is 6.07 Å². The van der Waals surface area contributed by atoms with Crippen molar-refractivity contribution >= 4 is 34.1 Å². The van der Waals surface area contributed by atoms with Crippen molar-refractivity contribution in [3.05, 3.63) is 65.0 Å². The van der Waals surface area contributed by atoms with Crippen molar-refractivity contribution < 1.29 is 13.2 Å². The molecular weight excluding hydrogens is 379 g/mol. The summed E-state index contributed by atoms with van der Waals surface area (Å²) in [5.41, 5.74) is 0.194. The van der Waals surface area contributed by atoms with E-state index >= 15 is 0 Å². The second kappa shape index (κ2) is 6.70. The van der Waals surface area contributed by atoms with Gasteiger partial charge in [-0.3, -0.25) is 4.40 Å². The molecule has 1 unspecified atom stereocenters. The summed E-state index contributed by atoms with van der Waals surface area (Å²) < 4.78 is 42.2. The highest BCUT2D eigenvalue weighted by molar-refractivity contribution is 6.30. The summed E-state index contributed by atoms with van der Waals surface area (Å²) in [5.74, 6) is -0.108. The van der Waals surface area contributed by atoms with Crippen LogP contribution in [-0.2, 0) is 0 Å². The molecule has 0 radical (unpaired) electrons. The highest BCUT2D eigenvalue weighted by Gasteiger charge is 2.20. The molecule has 1 aromatic carbocycles. The van der Waals surface area contributed by atoms with Gasteiger partial charge in [-0.25, -0.2) is 23.1 Å². The maximum Gasteiger partial charge on any atom is 0.266 e. The van der Waals surface area contributed by atoms with Crippen molar-refractivity contribution in [2.75, 3.05) is 5.32 Å². The third kappa shape index (κ3) is 3.06. The fourth-order valence-electron chi connectivity index (χ4n) is 3.00. The fraction of sp³-hybridized carbons (Fsp3) is 0.167. The number of pyridine rings is 1. The Balaban J connectivity index is 1.81. The molecule has 0 spiro atoms. The van der Waals surface area contributed by atoms with Gasteiger partial charge in [-0.1, -0.05) is 29.8 Å². The van der Waals surface area contributed by atoms with E-state index in [4.69, 9.17) is 11.6 Å². The molecule has 0 fully saturated rings. The molecule has 138 valence electrons. The van der Waals surface area contributed by atoms with Gasteiger partial charge >= 0.3 is 0 Å². The molecule has 27 heavy (non-hydrogen) atoms. The number of fused-ring (bicyclic) bond motifs is 3. The van der Waals surface area contributed by atoms with Crippen LogP contribution < -0.4 is 5.32 Å². The number of imidazole rings is 1. The molecule has 1 atom stereocenters. The monoisotopic (exact) mass is 391 g/mol. The molecule has 0 aliphatic heterocycles. The summed E-state index contributed by atoms with van der Waals surface area (Å²) in [6.07, 6.45) is 2.03. The number of nitrogens with zero attached hydrogens (tertiary/aromatic N) is 4. The Morgan fingerprint density at radius 2 is 1.96 bits per heavy atom. The number of halogens is 4. The largest absolute Gasteiger partial charge is 0.363 e. The summed E-state index contributed by atoms with van der Waals surface area (Å²) in [4.78, 5) is 12.7. The Morgan fingerprint density at radius 1 is 1.19 bits per heavy atom. The number of hydrogen-bond acceptors (Lipinski definition) is 4. The van der Waals surface area contributed by atoms with E-state index in [1.165, 1.54) is 12.1 Å². The SMILES string of the molecule is CC(Nc1nc2nccn2c2cnc(Cl)cc12)c1cccc(C(F)F)c1F. The van der Waals surface area contributed by atoms with Crippen LogP contribution in [-0.4, -0.2) is 19.4 Å². The van der Waals surface area contributed by atoms with Gasteiger partial charge in [-0.2, -0.15) is 4.98 Å². The maximum absolute atomic E-state index is 14.5. The third-order valence-corrected chi connectivity index (χ3v) is 4.52. The quantitative estimate of drug-likeness (QED) is 0.487. The lowest BCUT2D eigenvalue weighted by molar-refractivity contribution is 0.146. The number of anilines is 1. The highest BCUT2D eigenvalue weighted by atomic mass is 35.5. The first-order valence-corrected chi connectivity index (χ1v) is 8.45. The first kappa shape index (κ1) is 17.5. The van der Waals surface area contributed by atoms with E-state index in [1.54, 1.807) is 36.0 Å². The lowest BCUT2D eigenvalue weighted by atomic mass is 10.0. The van der Waals surface area contributed by atoms with Gasteiger partial charge in [-0.05, 0) is 13.0 Å². The summed E-state index contributed by atoms with van der Waals surface area (Å²) in [6, 6.07) is 4.95. The Bertz CT molecular complexity index is 1140. The van der Waals surface area contributed by atoms with Crippen molar-refractivity contribution in [2.45, 2.75) is 19.4 Å². The van der Waals surface area contributed by atoms with Crippen LogP contribution in [0.2, 0.25) is 5.15 Å². The highest BCUT2D eigenvalue weighted by Crippen LogP contribution is 2.31.